The van der Waals surface area contributed by atoms with Crippen molar-refractivity contribution in [1.82, 2.24) is 4.98 Å². The molecule has 0 bridgehead atoms. The van der Waals surface area contributed by atoms with Crippen molar-refractivity contribution in [2.75, 3.05) is 10.7 Å². The highest BCUT2D eigenvalue weighted by molar-refractivity contribution is 7.91. The molecule has 0 spiro atoms. The summed E-state index contributed by atoms with van der Waals surface area (Å²) in [7, 11) is -4.01. The van der Waals surface area contributed by atoms with Gasteiger partial charge in [0, 0.05) is 28.5 Å². The third-order valence-electron chi connectivity index (χ3n) is 5.83. The van der Waals surface area contributed by atoms with Crippen molar-refractivity contribution in [3.63, 3.8) is 0 Å². The van der Waals surface area contributed by atoms with E-state index in [9.17, 15) is 13.2 Å². The van der Waals surface area contributed by atoms with Gasteiger partial charge in [-0.25, -0.2) is 12.8 Å². The third kappa shape index (κ3) is 4.71. The smallest absolute Gasteiger partial charge is 0.245 e. The van der Waals surface area contributed by atoms with Crippen molar-refractivity contribution in [1.29, 1.82) is 0 Å². The van der Waals surface area contributed by atoms with Crippen LogP contribution >= 0.6 is 11.6 Å². The number of nitrogens with two attached hydrogens (primary N) is 1. The van der Waals surface area contributed by atoms with Gasteiger partial charge in [0.25, 0.3) is 0 Å². The zero-order valence-electron chi connectivity index (χ0n) is 19.0. The Morgan fingerprint density at radius 3 is 2.47 bits per heavy atom. The van der Waals surface area contributed by atoms with E-state index < -0.39 is 33.4 Å². The Balaban J connectivity index is 1.92. The fraction of sp³-hybridized carbons (Fsp3) is 0.280. The maximum Gasteiger partial charge on any atom is 0.245 e. The van der Waals surface area contributed by atoms with Crippen molar-refractivity contribution >= 4 is 33.0 Å². The molecule has 1 aliphatic rings. The van der Waals surface area contributed by atoms with Gasteiger partial charge in [-0.05, 0) is 46.9 Å². The van der Waals surface area contributed by atoms with Gasteiger partial charge in [-0.1, -0.05) is 44.5 Å². The van der Waals surface area contributed by atoms with Crippen LogP contribution in [0.3, 0.4) is 0 Å². The molecule has 6 nitrogen and oxygen atoms in total. The Labute approximate surface area is 203 Å². The molecule has 178 valence electrons. The summed E-state index contributed by atoms with van der Waals surface area (Å²) in [6.07, 6.45) is 3.23. The lowest BCUT2D eigenvalue weighted by molar-refractivity contribution is -0.119. The minimum absolute atomic E-state index is 0.0532. The van der Waals surface area contributed by atoms with Gasteiger partial charge in [-0.3, -0.25) is 9.78 Å². The molecule has 2 N–H and O–H groups in total. The minimum Gasteiger partial charge on any atom is -0.319 e. The predicted octanol–water partition coefficient (Wildman–Crippen LogP) is 4.49. The molecule has 3 aromatic rings. The lowest BCUT2D eigenvalue weighted by Crippen LogP contribution is -2.45. The maximum atomic E-state index is 15.3. The Hall–Kier alpha value is -2.81. The molecule has 1 aliphatic heterocycles. The number of sulfone groups is 1. The number of benzene rings is 2. The zero-order chi connectivity index (χ0) is 24.8. The van der Waals surface area contributed by atoms with Gasteiger partial charge < -0.3 is 10.6 Å². The number of pyridine rings is 1. The van der Waals surface area contributed by atoms with Crippen LogP contribution in [-0.4, -0.2) is 31.1 Å². The number of hydrogen-bond donors (Lipinski definition) is 1. The van der Waals surface area contributed by atoms with Crippen LogP contribution in [0.15, 0.2) is 59.8 Å². The Bertz CT molecular complexity index is 1370. The maximum absolute atomic E-state index is 15.3. The molecular formula is C25H25ClFN3O3S. The summed E-state index contributed by atoms with van der Waals surface area (Å²) in [6, 6.07) is 9.75. The summed E-state index contributed by atoms with van der Waals surface area (Å²) in [5.74, 6) is -1.88. The average Bonchev–Trinajstić information content (AvgIpc) is 2.83. The van der Waals surface area contributed by atoms with Crippen molar-refractivity contribution in [2.24, 2.45) is 5.73 Å². The summed E-state index contributed by atoms with van der Waals surface area (Å²) < 4.78 is 41.4. The molecular weight excluding hydrogens is 477 g/mol. The first-order valence-corrected chi connectivity index (χ1v) is 12.7. The topological polar surface area (TPSA) is 93.4 Å². The average molecular weight is 502 g/mol. The van der Waals surface area contributed by atoms with Crippen LogP contribution in [0.5, 0.6) is 0 Å². The monoisotopic (exact) mass is 501 g/mol. The number of hydrogen-bond acceptors (Lipinski definition) is 5. The lowest BCUT2D eigenvalue weighted by Gasteiger charge is -2.25. The van der Waals surface area contributed by atoms with E-state index in [0.717, 1.165) is 17.2 Å². The molecule has 1 amide bonds. The van der Waals surface area contributed by atoms with E-state index in [0.29, 0.717) is 10.6 Å². The van der Waals surface area contributed by atoms with E-state index in [-0.39, 0.29) is 28.1 Å². The highest BCUT2D eigenvalue weighted by Crippen LogP contribution is 2.38. The van der Waals surface area contributed by atoms with Crippen molar-refractivity contribution in [2.45, 2.75) is 43.7 Å². The molecule has 0 saturated carbocycles. The number of nitrogens with zero attached hydrogens (tertiary/aromatic N) is 2. The van der Waals surface area contributed by atoms with E-state index in [2.05, 4.69) is 4.98 Å². The highest BCUT2D eigenvalue weighted by Gasteiger charge is 2.37. The molecule has 1 atom stereocenters. The highest BCUT2D eigenvalue weighted by atomic mass is 35.5. The second kappa shape index (κ2) is 8.76. The molecule has 2 aromatic carbocycles. The normalized spacial score (nSPS) is 17.9. The molecule has 0 aliphatic carbocycles. The van der Waals surface area contributed by atoms with Crippen LogP contribution in [0.25, 0.3) is 11.1 Å². The van der Waals surface area contributed by atoms with Crippen LogP contribution in [0.4, 0.5) is 10.1 Å². The number of halogens is 2. The first-order valence-electron chi connectivity index (χ1n) is 10.7. The second-order valence-corrected chi connectivity index (χ2v) is 11.9. The first kappa shape index (κ1) is 24.3. The largest absolute Gasteiger partial charge is 0.319 e. The number of aromatic nitrogens is 1. The standard InChI is InChI=1S/C25H25ClFN3O3S/c1-25(2,3)17-8-16(11-29-12-17)19-9-22-23(10-20(19)27)34(32,33)14-21(28)24(31)30(22)13-15-4-6-18(26)7-5-15/h4-12,21H,13-14,28H2,1-3H3/t21-/m0/s1. The van der Waals surface area contributed by atoms with Crippen LogP contribution in [0.2, 0.25) is 5.02 Å². The second-order valence-electron chi connectivity index (χ2n) is 9.45. The fourth-order valence-corrected chi connectivity index (χ4v) is 5.57. The van der Waals surface area contributed by atoms with E-state index in [4.69, 9.17) is 17.3 Å². The van der Waals surface area contributed by atoms with Gasteiger partial charge >= 0.3 is 0 Å². The number of anilines is 1. The van der Waals surface area contributed by atoms with Gasteiger partial charge in [0.15, 0.2) is 9.84 Å². The van der Waals surface area contributed by atoms with Crippen molar-refractivity contribution in [3.8, 4) is 11.1 Å². The summed E-state index contributed by atoms with van der Waals surface area (Å²) in [5.41, 5.74) is 8.07. The van der Waals surface area contributed by atoms with Crippen LogP contribution in [-0.2, 0) is 26.6 Å². The van der Waals surface area contributed by atoms with Gasteiger partial charge in [-0.15, -0.1) is 0 Å². The van der Waals surface area contributed by atoms with Crippen LogP contribution in [0, 0.1) is 5.82 Å². The predicted molar refractivity (Wildman–Crippen MR) is 131 cm³/mol. The number of carbonyl (C=O) groups excluding carboxylic acids is 1. The number of rotatable bonds is 3. The van der Waals surface area contributed by atoms with E-state index in [1.165, 1.54) is 17.2 Å². The van der Waals surface area contributed by atoms with Gasteiger partial charge in [0.05, 0.1) is 28.9 Å². The number of carbonyl (C=O) groups is 1. The van der Waals surface area contributed by atoms with Gasteiger partial charge in [-0.2, -0.15) is 0 Å². The Morgan fingerprint density at radius 2 is 1.82 bits per heavy atom. The van der Waals surface area contributed by atoms with Gasteiger partial charge in [0.1, 0.15) is 5.82 Å². The van der Waals surface area contributed by atoms with Gasteiger partial charge in [0.2, 0.25) is 5.91 Å². The van der Waals surface area contributed by atoms with E-state index in [1.54, 1.807) is 30.5 Å². The molecule has 1 aromatic heterocycles. The zero-order valence-corrected chi connectivity index (χ0v) is 20.6. The summed E-state index contributed by atoms with van der Waals surface area (Å²) >= 11 is 5.97. The molecule has 2 heterocycles. The number of fused-ring (bicyclic) bond motifs is 1. The first-order chi connectivity index (χ1) is 15.9. The Kier molecular flexibility index (Phi) is 6.27. The third-order valence-corrected chi connectivity index (χ3v) is 7.87. The molecule has 0 radical (unpaired) electrons. The summed E-state index contributed by atoms with van der Waals surface area (Å²) in [6.45, 7) is 6.10. The molecule has 34 heavy (non-hydrogen) atoms. The minimum atomic E-state index is -4.01. The Morgan fingerprint density at radius 1 is 1.15 bits per heavy atom. The summed E-state index contributed by atoms with van der Waals surface area (Å²) in [5, 5.41) is 0.529. The van der Waals surface area contributed by atoms with Crippen LogP contribution in [0.1, 0.15) is 31.9 Å². The summed E-state index contributed by atoms with van der Waals surface area (Å²) in [4.78, 5) is 18.5. The molecule has 4 rings (SSSR count). The van der Waals surface area contributed by atoms with Crippen molar-refractivity contribution in [3.05, 3.63) is 76.8 Å². The fourth-order valence-electron chi connectivity index (χ4n) is 3.87. The number of amides is 1. The molecule has 0 unspecified atom stereocenters. The SMILES string of the molecule is CC(C)(C)c1cncc(-c2cc3c(cc2F)S(=O)(=O)C[C@H](N)C(=O)N3Cc2ccc(Cl)cc2)c1. The van der Waals surface area contributed by atoms with E-state index >= 15 is 4.39 Å². The van der Waals surface area contributed by atoms with E-state index in [1.807, 2.05) is 26.8 Å². The van der Waals surface area contributed by atoms with Crippen molar-refractivity contribution < 1.29 is 17.6 Å². The molecule has 0 saturated heterocycles. The van der Waals surface area contributed by atoms with Crippen LogP contribution < -0.4 is 10.6 Å². The molecule has 0 fully saturated rings. The quantitative estimate of drug-likeness (QED) is 0.571. The lowest BCUT2D eigenvalue weighted by atomic mass is 9.87. The molecule has 9 heteroatoms.